The molecular formula is C25H27F5N6O3S. The number of aromatic nitrogens is 3. The van der Waals surface area contributed by atoms with E-state index in [1.54, 1.807) is 20.8 Å². The second kappa shape index (κ2) is 11.7. The molecule has 0 saturated carbocycles. The van der Waals surface area contributed by atoms with Crippen molar-refractivity contribution in [2.75, 3.05) is 5.32 Å². The summed E-state index contributed by atoms with van der Waals surface area (Å²) >= 11 is 5.44. The first-order chi connectivity index (χ1) is 18.5. The Morgan fingerprint density at radius 1 is 1.15 bits per heavy atom. The van der Waals surface area contributed by atoms with Crippen LogP contribution in [0.25, 0.3) is 0 Å². The summed E-state index contributed by atoms with van der Waals surface area (Å²) in [6.45, 7) is 5.78. The maximum Gasteiger partial charge on any atom is 0.426 e. The smallest absolute Gasteiger partial charge is 0.426 e. The molecule has 3 rings (SSSR count). The largest absolute Gasteiger partial charge is 0.443 e. The predicted octanol–water partition coefficient (Wildman–Crippen LogP) is 4.99. The van der Waals surface area contributed by atoms with Gasteiger partial charge in [-0.2, -0.15) is 18.3 Å². The van der Waals surface area contributed by atoms with E-state index in [9.17, 15) is 27.5 Å². The van der Waals surface area contributed by atoms with Crippen molar-refractivity contribution < 1.29 is 36.6 Å². The van der Waals surface area contributed by atoms with Crippen molar-refractivity contribution in [2.45, 2.75) is 57.7 Å². The van der Waals surface area contributed by atoms with Crippen LogP contribution >= 0.6 is 12.2 Å². The van der Waals surface area contributed by atoms with Crippen molar-refractivity contribution in [3.63, 3.8) is 0 Å². The van der Waals surface area contributed by atoms with E-state index in [0.717, 1.165) is 41.4 Å². The van der Waals surface area contributed by atoms with Crippen molar-refractivity contribution in [2.24, 2.45) is 0 Å². The lowest BCUT2D eigenvalue weighted by Gasteiger charge is -2.42. The Morgan fingerprint density at radius 3 is 2.33 bits per heavy atom. The number of halogens is 5. The minimum Gasteiger partial charge on any atom is -0.443 e. The number of ether oxygens (including phenoxy) is 1. The van der Waals surface area contributed by atoms with Crippen LogP contribution < -0.4 is 10.7 Å². The van der Waals surface area contributed by atoms with Crippen LogP contribution in [-0.2, 0) is 23.1 Å². The van der Waals surface area contributed by atoms with Crippen LogP contribution in [0.5, 0.6) is 0 Å². The van der Waals surface area contributed by atoms with Crippen molar-refractivity contribution >= 4 is 29.1 Å². The Kier molecular flexibility index (Phi) is 8.99. The Morgan fingerprint density at radius 2 is 1.80 bits per heavy atom. The number of nitrogens with zero attached hydrogens (tertiary/aromatic N) is 4. The Balaban J connectivity index is 2.03. The van der Waals surface area contributed by atoms with Gasteiger partial charge in [-0.3, -0.25) is 5.01 Å². The number of carbonyl (C=O) groups excluding carboxylic acids is 1. The molecule has 0 spiro atoms. The standard InChI is InChI=1S/C25H27F5N6O3S/c1-15(24(38,12-35-14-31-13-32-35)19-10-7-17(26)11-20(19)27)36(34-22(37)39-23(2,3)4)21(40)33-18-8-5-16(6-9-18)25(28,29)30/h5-11,13-15,38H,12H2,1-4H3,(H,33,40)(H,34,37)/t15-,24-/m1/s1. The first-order valence-corrected chi connectivity index (χ1v) is 12.2. The van der Waals surface area contributed by atoms with Gasteiger partial charge >= 0.3 is 12.3 Å². The number of amides is 1. The average Bonchev–Trinajstić information content (AvgIpc) is 3.33. The lowest BCUT2D eigenvalue weighted by atomic mass is 9.86. The van der Waals surface area contributed by atoms with E-state index in [-0.39, 0.29) is 16.4 Å². The van der Waals surface area contributed by atoms with E-state index in [1.165, 1.54) is 24.3 Å². The number of aliphatic hydroxyl groups is 1. The number of carbonyl (C=O) groups is 1. The predicted molar refractivity (Wildman–Crippen MR) is 139 cm³/mol. The first-order valence-electron chi connectivity index (χ1n) is 11.8. The zero-order chi connectivity index (χ0) is 29.9. The van der Waals surface area contributed by atoms with Gasteiger partial charge < -0.3 is 15.2 Å². The molecule has 2 atom stereocenters. The highest BCUT2D eigenvalue weighted by atomic mass is 32.1. The van der Waals surface area contributed by atoms with Gasteiger partial charge in [-0.25, -0.2) is 28.7 Å². The van der Waals surface area contributed by atoms with E-state index < -0.39 is 53.3 Å². The Hall–Kier alpha value is -3.85. The molecule has 0 aliphatic carbocycles. The van der Waals surface area contributed by atoms with Gasteiger partial charge in [0.1, 0.15) is 35.5 Å². The highest BCUT2D eigenvalue weighted by Crippen LogP contribution is 2.33. The third-order valence-electron chi connectivity index (χ3n) is 5.64. The molecule has 0 aliphatic rings. The van der Waals surface area contributed by atoms with Gasteiger partial charge in [0.25, 0.3) is 0 Å². The monoisotopic (exact) mass is 586 g/mol. The molecule has 3 aromatic rings. The highest BCUT2D eigenvalue weighted by Gasteiger charge is 2.44. The zero-order valence-electron chi connectivity index (χ0n) is 21.8. The van der Waals surface area contributed by atoms with Crippen molar-refractivity contribution in [3.05, 3.63) is 77.9 Å². The maximum absolute atomic E-state index is 15.0. The number of nitrogens with one attached hydrogen (secondary N) is 2. The Bertz CT molecular complexity index is 1330. The number of alkyl halides is 3. The quantitative estimate of drug-likeness (QED) is 0.211. The molecule has 0 aliphatic heterocycles. The fourth-order valence-corrected chi connectivity index (χ4v) is 4.03. The molecule has 9 nitrogen and oxygen atoms in total. The molecule has 1 aromatic heterocycles. The summed E-state index contributed by atoms with van der Waals surface area (Å²) in [7, 11) is 0. The molecule has 0 radical (unpaired) electrons. The molecule has 2 aromatic carbocycles. The average molecular weight is 587 g/mol. The van der Waals surface area contributed by atoms with E-state index >= 15 is 4.39 Å². The molecule has 1 heterocycles. The Labute approximate surface area is 231 Å². The SMILES string of the molecule is C[C@@H](N(NC(=O)OC(C)(C)C)C(=S)Nc1ccc(C(F)(F)F)cc1)[C@](O)(Cn1cncn1)c1ccc(F)cc1F. The summed E-state index contributed by atoms with van der Waals surface area (Å²) in [5.74, 6) is -1.98. The lowest BCUT2D eigenvalue weighted by Crippen LogP contribution is -2.61. The summed E-state index contributed by atoms with van der Waals surface area (Å²) in [6, 6.07) is 5.14. The molecule has 0 bridgehead atoms. The number of hydrazine groups is 1. The van der Waals surface area contributed by atoms with Crippen LogP contribution in [0.4, 0.5) is 32.4 Å². The minimum absolute atomic E-state index is 0.119. The lowest BCUT2D eigenvalue weighted by molar-refractivity contribution is -0.137. The van der Waals surface area contributed by atoms with Gasteiger partial charge in [0.15, 0.2) is 5.11 Å². The van der Waals surface area contributed by atoms with Gasteiger partial charge in [0, 0.05) is 17.3 Å². The van der Waals surface area contributed by atoms with Gasteiger partial charge in [0.2, 0.25) is 0 Å². The third kappa shape index (κ3) is 7.63. The van der Waals surface area contributed by atoms with Crippen LogP contribution in [0.3, 0.4) is 0 Å². The van der Waals surface area contributed by atoms with E-state index in [4.69, 9.17) is 17.0 Å². The second-order valence-corrected chi connectivity index (χ2v) is 10.2. The van der Waals surface area contributed by atoms with Crippen LogP contribution in [0, 0.1) is 11.6 Å². The molecule has 1 amide bonds. The number of hydrogen-bond donors (Lipinski definition) is 3. The minimum atomic E-state index is -4.56. The molecule has 15 heteroatoms. The molecule has 3 N–H and O–H groups in total. The molecule has 216 valence electrons. The molecular weight excluding hydrogens is 559 g/mol. The van der Waals surface area contributed by atoms with Crippen molar-refractivity contribution in [3.8, 4) is 0 Å². The zero-order valence-corrected chi connectivity index (χ0v) is 22.6. The maximum atomic E-state index is 15.0. The van der Waals surface area contributed by atoms with Crippen LogP contribution in [0.15, 0.2) is 55.1 Å². The third-order valence-corrected chi connectivity index (χ3v) is 5.94. The van der Waals surface area contributed by atoms with Gasteiger partial charge in [-0.15, -0.1) is 0 Å². The number of rotatable bonds is 6. The van der Waals surface area contributed by atoms with Gasteiger partial charge in [0.05, 0.1) is 18.2 Å². The number of anilines is 1. The van der Waals surface area contributed by atoms with E-state index in [0.29, 0.717) is 6.07 Å². The van der Waals surface area contributed by atoms with Crippen molar-refractivity contribution in [1.82, 2.24) is 25.2 Å². The normalized spacial score (nSPS) is 14.2. The molecule has 0 unspecified atom stereocenters. The fourth-order valence-electron chi connectivity index (χ4n) is 3.71. The number of thiocarbonyl (C=S) groups is 1. The van der Waals surface area contributed by atoms with Gasteiger partial charge in [-0.1, -0.05) is 6.07 Å². The summed E-state index contributed by atoms with van der Waals surface area (Å²) in [5.41, 5.74) is -1.92. The molecule has 40 heavy (non-hydrogen) atoms. The van der Waals surface area contributed by atoms with Crippen molar-refractivity contribution in [1.29, 1.82) is 0 Å². The summed E-state index contributed by atoms with van der Waals surface area (Å²) in [4.78, 5) is 16.6. The summed E-state index contributed by atoms with van der Waals surface area (Å²) < 4.78 is 74.3. The van der Waals surface area contributed by atoms with Crippen LogP contribution in [-0.4, -0.2) is 47.7 Å². The summed E-state index contributed by atoms with van der Waals surface area (Å²) in [5, 5.41) is 19.3. The van der Waals surface area contributed by atoms with E-state index in [2.05, 4.69) is 20.8 Å². The first kappa shape index (κ1) is 30.7. The second-order valence-electron chi connectivity index (χ2n) is 9.81. The molecule has 0 fully saturated rings. The topological polar surface area (TPSA) is 105 Å². The van der Waals surface area contributed by atoms with Crippen LogP contribution in [0.1, 0.15) is 38.8 Å². The van der Waals surface area contributed by atoms with Crippen LogP contribution in [0.2, 0.25) is 0 Å². The number of hydrogen-bond acceptors (Lipinski definition) is 6. The fraction of sp³-hybridized carbons (Fsp3) is 0.360. The number of benzene rings is 2. The highest BCUT2D eigenvalue weighted by molar-refractivity contribution is 7.80. The summed E-state index contributed by atoms with van der Waals surface area (Å²) in [6.07, 6.45) is -3.13. The molecule has 0 saturated heterocycles. The van der Waals surface area contributed by atoms with E-state index in [1.807, 2.05) is 0 Å². The van der Waals surface area contributed by atoms with Gasteiger partial charge in [-0.05, 0) is 70.2 Å².